The van der Waals surface area contributed by atoms with Gasteiger partial charge in [-0.05, 0) is 44.0 Å². The van der Waals surface area contributed by atoms with Crippen molar-refractivity contribution < 1.29 is 18.7 Å². The number of nitrogens with one attached hydrogen (secondary N) is 2. The van der Waals surface area contributed by atoms with Gasteiger partial charge in [-0.1, -0.05) is 0 Å². The van der Waals surface area contributed by atoms with Crippen LogP contribution in [-0.2, 0) is 18.4 Å². The van der Waals surface area contributed by atoms with Crippen molar-refractivity contribution in [2.75, 3.05) is 18.4 Å². The van der Waals surface area contributed by atoms with Gasteiger partial charge in [0, 0.05) is 50.1 Å². The molecule has 2 aliphatic rings. The first-order valence-electron chi connectivity index (χ1n) is 12.6. The van der Waals surface area contributed by atoms with E-state index in [0.29, 0.717) is 30.9 Å². The molecule has 2 fully saturated rings. The summed E-state index contributed by atoms with van der Waals surface area (Å²) >= 11 is 1.47. The van der Waals surface area contributed by atoms with E-state index in [2.05, 4.69) is 25.5 Å². The number of nitrogens with zero attached hydrogens (tertiary/aromatic N) is 4. The molecule has 1 aliphatic carbocycles. The number of thiophene rings is 1. The third kappa shape index (κ3) is 5.25. The van der Waals surface area contributed by atoms with Crippen molar-refractivity contribution in [2.24, 2.45) is 7.05 Å². The van der Waals surface area contributed by atoms with Gasteiger partial charge in [-0.15, -0.1) is 11.3 Å². The summed E-state index contributed by atoms with van der Waals surface area (Å²) in [6.07, 6.45) is 6.97. The van der Waals surface area contributed by atoms with Crippen molar-refractivity contribution in [1.82, 2.24) is 24.8 Å². The van der Waals surface area contributed by atoms with Crippen LogP contribution in [0.25, 0.3) is 20.9 Å². The molecule has 0 atom stereocenters. The smallest absolute Gasteiger partial charge is 0.319 e. The Bertz CT molecular complexity index is 1530. The molecular weight excluding hydrogens is 507 g/mol. The van der Waals surface area contributed by atoms with Crippen LogP contribution in [0.4, 0.5) is 14.9 Å². The van der Waals surface area contributed by atoms with E-state index in [0.717, 1.165) is 52.4 Å². The summed E-state index contributed by atoms with van der Waals surface area (Å²) in [5, 5.41) is 5.46. The number of amides is 2. The summed E-state index contributed by atoms with van der Waals surface area (Å²) in [7, 11) is 1.97. The second-order valence-electron chi connectivity index (χ2n) is 9.74. The number of Topliss-reactive ketones (excluding diaryl/α,β-unsaturated/α-hetero) is 1. The highest BCUT2D eigenvalue weighted by Crippen LogP contribution is 2.39. The summed E-state index contributed by atoms with van der Waals surface area (Å²) < 4.78 is 23.6. The van der Waals surface area contributed by atoms with Gasteiger partial charge in [-0.25, -0.2) is 14.2 Å². The molecule has 0 unspecified atom stereocenters. The average molecular weight is 535 g/mol. The zero-order valence-corrected chi connectivity index (χ0v) is 21.7. The maximum Gasteiger partial charge on any atom is 0.319 e. The molecule has 9 nitrogen and oxygen atoms in total. The van der Waals surface area contributed by atoms with E-state index in [-0.39, 0.29) is 23.6 Å². The predicted octanol–water partition coefficient (Wildman–Crippen LogP) is 5.08. The highest BCUT2D eigenvalue weighted by Gasteiger charge is 2.23. The number of carbonyl (C=O) groups excluding carboxylic acids is 2. The Morgan fingerprint density at radius 2 is 2.08 bits per heavy atom. The number of hydrogen-bond acceptors (Lipinski definition) is 7. The largest absolute Gasteiger partial charge is 0.453 e. The van der Waals surface area contributed by atoms with E-state index in [9.17, 15) is 14.0 Å². The monoisotopic (exact) mass is 534 g/mol. The number of ketones is 1. The van der Waals surface area contributed by atoms with Gasteiger partial charge in [-0.2, -0.15) is 0 Å². The molecule has 0 radical (unpaired) electrons. The normalized spacial score (nSPS) is 16.1. The summed E-state index contributed by atoms with van der Waals surface area (Å²) in [5.41, 5.74) is 2.10. The van der Waals surface area contributed by atoms with Gasteiger partial charge in [0.25, 0.3) is 0 Å². The molecule has 1 saturated carbocycles. The Labute approximate surface area is 222 Å². The fourth-order valence-electron chi connectivity index (χ4n) is 4.56. The van der Waals surface area contributed by atoms with Crippen molar-refractivity contribution in [1.29, 1.82) is 0 Å². The third-order valence-electron chi connectivity index (χ3n) is 6.72. The molecule has 2 amide bonds. The van der Waals surface area contributed by atoms with E-state index in [1.54, 1.807) is 18.3 Å². The number of likely N-dealkylation sites (tertiary alicyclic amines) is 1. The zero-order valence-electron chi connectivity index (χ0n) is 20.9. The summed E-state index contributed by atoms with van der Waals surface area (Å²) in [4.78, 5) is 36.0. The number of halogens is 1. The molecule has 1 aromatic carbocycles. The summed E-state index contributed by atoms with van der Waals surface area (Å²) in [6, 6.07) is 7.87. The first kappa shape index (κ1) is 24.5. The molecule has 196 valence electrons. The number of hydrogen-bond donors (Lipinski definition) is 2. The number of imidazole rings is 1. The molecule has 2 N–H and O–H groups in total. The molecule has 6 rings (SSSR count). The molecule has 0 spiro atoms. The number of carbonyl (C=O) groups is 2. The predicted molar refractivity (Wildman–Crippen MR) is 143 cm³/mol. The summed E-state index contributed by atoms with van der Waals surface area (Å²) in [5.74, 6) is 1.03. The second-order valence-corrected chi connectivity index (χ2v) is 10.8. The van der Waals surface area contributed by atoms with Crippen LogP contribution in [-0.4, -0.2) is 50.4 Å². The minimum Gasteiger partial charge on any atom is -0.453 e. The highest BCUT2D eigenvalue weighted by atomic mass is 32.1. The number of pyridine rings is 1. The molecule has 1 saturated heterocycles. The molecule has 38 heavy (non-hydrogen) atoms. The van der Waals surface area contributed by atoms with Gasteiger partial charge >= 0.3 is 6.03 Å². The van der Waals surface area contributed by atoms with Crippen molar-refractivity contribution in [2.45, 2.75) is 38.3 Å². The lowest BCUT2D eigenvalue weighted by atomic mass is 10.1. The molecule has 3 aromatic heterocycles. The Kier molecular flexibility index (Phi) is 6.54. The van der Waals surface area contributed by atoms with Crippen molar-refractivity contribution in [3.05, 3.63) is 54.2 Å². The number of ether oxygens (including phenoxy) is 1. The Balaban J connectivity index is 1.20. The third-order valence-corrected chi connectivity index (χ3v) is 7.85. The van der Waals surface area contributed by atoms with Gasteiger partial charge in [0.2, 0.25) is 0 Å². The fourth-order valence-corrected chi connectivity index (χ4v) is 5.66. The van der Waals surface area contributed by atoms with E-state index in [1.165, 1.54) is 23.5 Å². The number of urea groups is 1. The minimum absolute atomic E-state index is 0.0518. The highest BCUT2D eigenvalue weighted by molar-refractivity contribution is 7.22. The van der Waals surface area contributed by atoms with Crippen molar-refractivity contribution in [3.63, 3.8) is 0 Å². The number of benzene rings is 1. The Hall–Kier alpha value is -3.83. The van der Waals surface area contributed by atoms with Crippen LogP contribution in [0.2, 0.25) is 0 Å². The minimum atomic E-state index is -0.582. The first-order valence-corrected chi connectivity index (χ1v) is 13.4. The lowest BCUT2D eigenvalue weighted by Gasteiger charge is -2.25. The van der Waals surface area contributed by atoms with Crippen LogP contribution >= 0.6 is 11.3 Å². The van der Waals surface area contributed by atoms with E-state index in [4.69, 9.17) is 4.74 Å². The topological polar surface area (TPSA) is 101 Å². The quantitative estimate of drug-likeness (QED) is 0.343. The van der Waals surface area contributed by atoms with Crippen LogP contribution in [0, 0.1) is 5.82 Å². The van der Waals surface area contributed by atoms with Crippen LogP contribution in [0.1, 0.15) is 31.4 Å². The molecular formula is C27H27FN6O3S. The Morgan fingerprint density at radius 3 is 2.87 bits per heavy atom. The average Bonchev–Trinajstić information content (AvgIpc) is 3.47. The SMILES string of the molecule is Cn1c(CN2CCCC(=O)C2)cnc1-c1cc2nccc(Oc3ccc(NC(=O)NC4CC4)cc3F)c2s1. The van der Waals surface area contributed by atoms with E-state index in [1.807, 2.05) is 23.9 Å². The molecule has 1 aliphatic heterocycles. The molecule has 4 aromatic rings. The molecule has 11 heteroatoms. The van der Waals surface area contributed by atoms with Gasteiger partial charge in [-0.3, -0.25) is 14.7 Å². The number of rotatable bonds is 7. The van der Waals surface area contributed by atoms with Crippen LogP contribution in [0.5, 0.6) is 11.5 Å². The van der Waals surface area contributed by atoms with Crippen LogP contribution in [0.15, 0.2) is 42.7 Å². The fraction of sp³-hybridized carbons (Fsp3) is 0.333. The van der Waals surface area contributed by atoms with Gasteiger partial charge in [0.15, 0.2) is 11.6 Å². The second kappa shape index (κ2) is 10.1. The van der Waals surface area contributed by atoms with Gasteiger partial charge < -0.3 is 19.9 Å². The van der Waals surface area contributed by atoms with Gasteiger partial charge in [0.1, 0.15) is 17.4 Å². The lowest BCUT2D eigenvalue weighted by molar-refractivity contribution is -0.122. The molecule has 0 bridgehead atoms. The Morgan fingerprint density at radius 1 is 1.21 bits per heavy atom. The number of piperidine rings is 1. The van der Waals surface area contributed by atoms with E-state index < -0.39 is 5.82 Å². The zero-order chi connectivity index (χ0) is 26.2. The molecule has 4 heterocycles. The van der Waals surface area contributed by atoms with Crippen LogP contribution in [0.3, 0.4) is 0 Å². The van der Waals surface area contributed by atoms with Crippen molar-refractivity contribution >= 4 is 39.1 Å². The van der Waals surface area contributed by atoms with E-state index >= 15 is 0 Å². The van der Waals surface area contributed by atoms with Crippen LogP contribution < -0.4 is 15.4 Å². The van der Waals surface area contributed by atoms with Crippen molar-refractivity contribution in [3.8, 4) is 22.2 Å². The van der Waals surface area contributed by atoms with Gasteiger partial charge in [0.05, 0.1) is 33.5 Å². The number of aromatic nitrogens is 3. The first-order chi connectivity index (χ1) is 18.4. The maximum absolute atomic E-state index is 14.9. The number of fused-ring (bicyclic) bond motifs is 1. The lowest BCUT2D eigenvalue weighted by Crippen LogP contribution is -2.35. The maximum atomic E-state index is 14.9. The summed E-state index contributed by atoms with van der Waals surface area (Å²) in [6.45, 7) is 2.05. The standard InChI is InChI=1S/C27H27FN6O3S/c1-33-18(14-34-10-2-3-19(35)15-34)13-30-26(33)24-12-21-25(38-24)23(8-9-29-21)37-22-7-6-17(11-20(22)28)32-27(36)31-16-4-5-16/h6-9,11-13,16H,2-5,10,14-15H2,1H3,(H2,31,32,36). The number of anilines is 1.